The van der Waals surface area contributed by atoms with Crippen LogP contribution in [-0.2, 0) is 0 Å². The van der Waals surface area contributed by atoms with Crippen molar-refractivity contribution >= 4 is 39.8 Å². The van der Waals surface area contributed by atoms with E-state index in [1.54, 1.807) is 11.1 Å². The van der Waals surface area contributed by atoms with Gasteiger partial charge >= 0.3 is 0 Å². The van der Waals surface area contributed by atoms with Crippen LogP contribution in [0.2, 0.25) is 5.04 Å². The van der Waals surface area contributed by atoms with Crippen molar-refractivity contribution in [2.75, 3.05) is 0 Å². The molecule has 1 rings (SSSR count). The molecule has 0 aromatic carbocycles. The molecular formula is C10H18NaSi. The van der Waals surface area contributed by atoms with Crippen LogP contribution in [0.15, 0.2) is 22.3 Å². The van der Waals surface area contributed by atoms with E-state index >= 15 is 0 Å². The summed E-state index contributed by atoms with van der Waals surface area (Å²) in [4.78, 5) is 0. The largest absolute Gasteiger partial charge is 0.0640 e. The Morgan fingerprint density at radius 1 is 0.917 bits per heavy atom. The van der Waals surface area contributed by atoms with Crippen LogP contribution < -0.4 is 0 Å². The Hall–Kier alpha value is 0.697. The number of hydrogen-bond donors (Lipinski definition) is 0. The third kappa shape index (κ3) is 1.65. The van der Waals surface area contributed by atoms with Gasteiger partial charge in [0.15, 0.2) is 0 Å². The van der Waals surface area contributed by atoms with E-state index in [-0.39, 0.29) is 29.6 Å². The van der Waals surface area contributed by atoms with Crippen LogP contribution in [0.1, 0.15) is 34.6 Å². The summed E-state index contributed by atoms with van der Waals surface area (Å²) in [5.74, 6) is 0. The van der Waals surface area contributed by atoms with Gasteiger partial charge in [-0.05, 0) is 43.9 Å². The molecule has 0 heterocycles. The number of rotatable bonds is 0. The van der Waals surface area contributed by atoms with E-state index in [0.29, 0.717) is 5.04 Å². The van der Waals surface area contributed by atoms with E-state index in [0.717, 1.165) is 0 Å². The molecule has 0 spiro atoms. The minimum Gasteiger partial charge on any atom is -0.0640 e. The molecule has 0 aliphatic heterocycles. The summed E-state index contributed by atoms with van der Waals surface area (Å²) in [6.07, 6.45) is 0. The Morgan fingerprint density at radius 2 is 1.17 bits per heavy atom. The van der Waals surface area contributed by atoms with Gasteiger partial charge < -0.3 is 0 Å². The van der Waals surface area contributed by atoms with Crippen LogP contribution in [0.3, 0.4) is 0 Å². The fourth-order valence-corrected chi connectivity index (χ4v) is 2.53. The monoisotopic (exact) mass is 189 g/mol. The fourth-order valence-electron chi connectivity index (χ4n) is 1.78. The average Bonchev–Trinajstić information content (AvgIpc) is 2.06. The van der Waals surface area contributed by atoms with Gasteiger partial charge in [-0.25, -0.2) is 0 Å². The van der Waals surface area contributed by atoms with E-state index in [9.17, 15) is 0 Å². The van der Waals surface area contributed by atoms with Crippen molar-refractivity contribution in [1.82, 2.24) is 0 Å². The molecule has 0 nitrogen and oxygen atoms in total. The molecule has 1 aliphatic carbocycles. The molecular weight excluding hydrogens is 171 g/mol. The smallest absolute Gasteiger partial charge is 0.0206 e. The van der Waals surface area contributed by atoms with Crippen LogP contribution in [-0.4, -0.2) is 39.8 Å². The van der Waals surface area contributed by atoms with Gasteiger partial charge in [-0.15, -0.1) is 0 Å². The van der Waals surface area contributed by atoms with Crippen LogP contribution in [0.25, 0.3) is 0 Å². The first-order valence-electron chi connectivity index (χ1n) is 4.25. The van der Waals surface area contributed by atoms with Crippen LogP contribution in [0, 0.1) is 0 Å². The molecule has 0 aromatic rings. The third-order valence-corrected chi connectivity index (χ3v) is 5.06. The van der Waals surface area contributed by atoms with Crippen molar-refractivity contribution in [1.29, 1.82) is 0 Å². The van der Waals surface area contributed by atoms with Gasteiger partial charge in [-0.3, -0.25) is 0 Å². The van der Waals surface area contributed by atoms with Gasteiger partial charge in [0.05, 0.1) is 0 Å². The predicted octanol–water partition coefficient (Wildman–Crippen LogP) is 1.84. The quantitative estimate of drug-likeness (QED) is 0.510. The van der Waals surface area contributed by atoms with E-state index < -0.39 is 0 Å². The number of allylic oxidation sites excluding steroid dienone is 4. The van der Waals surface area contributed by atoms with E-state index in [1.165, 1.54) is 21.4 Å². The molecule has 12 heavy (non-hydrogen) atoms. The topological polar surface area (TPSA) is 0 Å². The van der Waals surface area contributed by atoms with Crippen molar-refractivity contribution in [3.8, 4) is 0 Å². The zero-order valence-corrected chi connectivity index (χ0v) is 13.5. The van der Waals surface area contributed by atoms with Crippen LogP contribution in [0.4, 0.5) is 0 Å². The number of hydrogen-bond acceptors (Lipinski definition) is 0. The predicted molar refractivity (Wildman–Crippen MR) is 60.8 cm³/mol. The van der Waals surface area contributed by atoms with Gasteiger partial charge in [0.25, 0.3) is 0 Å². The summed E-state index contributed by atoms with van der Waals surface area (Å²) in [6, 6.07) is 0. The Labute approximate surface area is 101 Å². The van der Waals surface area contributed by atoms with Crippen LogP contribution in [0.5, 0.6) is 0 Å². The molecule has 0 aromatic heterocycles. The zero-order valence-electron chi connectivity index (χ0n) is 9.50. The Bertz CT molecular complexity index is 233. The second-order valence-corrected chi connectivity index (χ2v) is 6.12. The SMILES string of the molecule is CC1=C(C)C(C)([SiH3])C(C)=C1C.[Na]. The maximum absolute atomic E-state index is 2.36. The van der Waals surface area contributed by atoms with Crippen molar-refractivity contribution < 1.29 is 0 Å². The normalized spacial score (nSPS) is 21.8. The van der Waals surface area contributed by atoms with Crippen LogP contribution >= 0.6 is 0 Å². The third-order valence-electron chi connectivity index (χ3n) is 3.56. The summed E-state index contributed by atoms with van der Waals surface area (Å²) >= 11 is 0. The van der Waals surface area contributed by atoms with Crippen molar-refractivity contribution in [3.63, 3.8) is 0 Å². The van der Waals surface area contributed by atoms with Crippen molar-refractivity contribution in [3.05, 3.63) is 22.3 Å². The summed E-state index contributed by atoms with van der Waals surface area (Å²) in [5, 5.41) is 0.453. The first kappa shape index (κ1) is 12.7. The fraction of sp³-hybridized carbons (Fsp3) is 0.600. The molecule has 0 atom stereocenters. The van der Waals surface area contributed by atoms with Gasteiger partial charge in [0.1, 0.15) is 0 Å². The maximum Gasteiger partial charge on any atom is 0.0206 e. The summed E-state index contributed by atoms with van der Waals surface area (Å²) in [6.45, 7) is 11.4. The van der Waals surface area contributed by atoms with Crippen molar-refractivity contribution in [2.24, 2.45) is 0 Å². The Kier molecular flexibility index (Phi) is 4.05. The second-order valence-electron chi connectivity index (χ2n) is 4.12. The average molecular weight is 189 g/mol. The molecule has 2 heteroatoms. The van der Waals surface area contributed by atoms with E-state index in [1.807, 2.05) is 0 Å². The van der Waals surface area contributed by atoms with Gasteiger partial charge in [-0.2, -0.15) is 0 Å². The molecule has 0 N–H and O–H groups in total. The van der Waals surface area contributed by atoms with Gasteiger partial charge in [0, 0.05) is 39.8 Å². The minimum atomic E-state index is 0. The molecule has 63 valence electrons. The Morgan fingerprint density at radius 3 is 1.25 bits per heavy atom. The first-order valence-corrected chi connectivity index (χ1v) is 5.25. The second kappa shape index (κ2) is 3.83. The van der Waals surface area contributed by atoms with E-state index in [2.05, 4.69) is 34.6 Å². The molecule has 0 bridgehead atoms. The molecule has 1 aliphatic rings. The molecule has 0 fully saturated rings. The molecule has 1 radical (unpaired) electrons. The summed E-state index contributed by atoms with van der Waals surface area (Å²) in [7, 11) is 1.24. The van der Waals surface area contributed by atoms with Gasteiger partial charge in [0.2, 0.25) is 0 Å². The minimum absolute atomic E-state index is 0. The molecule has 0 unspecified atom stereocenters. The molecule has 0 saturated heterocycles. The molecule has 0 saturated carbocycles. The zero-order chi connectivity index (χ0) is 8.81. The Balaban J connectivity index is 0.00000121. The summed E-state index contributed by atoms with van der Waals surface area (Å²) in [5.41, 5.74) is 6.25. The van der Waals surface area contributed by atoms with Gasteiger partial charge in [-0.1, -0.05) is 18.1 Å². The summed E-state index contributed by atoms with van der Waals surface area (Å²) < 4.78 is 0. The first-order chi connectivity index (χ1) is 4.89. The van der Waals surface area contributed by atoms with E-state index in [4.69, 9.17) is 0 Å². The van der Waals surface area contributed by atoms with Crippen molar-refractivity contribution in [2.45, 2.75) is 39.7 Å². The standard InChI is InChI=1S/C10H18Si.Na/c1-6-7(2)9(4)10(5,11)8(6)3;/h1-5,11H3;. The molecule has 0 amide bonds. The maximum atomic E-state index is 2.36.